The van der Waals surface area contributed by atoms with Crippen molar-refractivity contribution < 1.29 is 19.4 Å². The monoisotopic (exact) mass is 342 g/mol. The van der Waals surface area contributed by atoms with E-state index in [1.807, 2.05) is 6.07 Å². The summed E-state index contributed by atoms with van der Waals surface area (Å²) in [6, 6.07) is 1.84. The van der Waals surface area contributed by atoms with Crippen molar-refractivity contribution in [1.82, 2.24) is 10.3 Å². The molecule has 8 heteroatoms. The first-order chi connectivity index (χ1) is 10.7. The number of hydrogen-bond donors (Lipinski definition) is 2. The maximum Gasteiger partial charge on any atom is 0.304 e. The number of amides is 1. The molecule has 1 aliphatic heterocycles. The molecule has 0 unspecified atom stereocenters. The number of carbonyl (C=O) groups excluding carboxylic acids is 1. The number of fused-ring (bicyclic) bond motifs is 1. The van der Waals surface area contributed by atoms with Crippen LogP contribution in [0.3, 0.4) is 0 Å². The molecule has 0 saturated carbocycles. The maximum atomic E-state index is 12.0. The number of carbonyl (C=O) groups is 2. The number of aliphatic carboxylic acids is 1. The summed E-state index contributed by atoms with van der Waals surface area (Å²) in [5.74, 6) is 1.01. The number of aryl methyl sites for hydroxylation is 1. The van der Waals surface area contributed by atoms with E-state index in [2.05, 4.69) is 10.3 Å². The first-order valence-corrected chi connectivity index (χ1v) is 9.52. The van der Waals surface area contributed by atoms with E-state index in [1.54, 1.807) is 10.8 Å². The second kappa shape index (κ2) is 8.89. The van der Waals surface area contributed by atoms with E-state index >= 15 is 0 Å². The lowest BCUT2D eigenvalue weighted by Crippen LogP contribution is -2.26. The molecule has 22 heavy (non-hydrogen) atoms. The van der Waals surface area contributed by atoms with Crippen LogP contribution in [0.25, 0.3) is 0 Å². The standard InChI is InChI=1S/C14H18N2O4S2/c17-12(18)3-6-21-22-7-4-15-13(19)11-8-10-2-1-5-20-14(10)16-9-11/h8-9H,1-7H2,(H,15,19)(H,17,18). The van der Waals surface area contributed by atoms with Gasteiger partial charge in [0, 0.05) is 29.8 Å². The second-order valence-corrected chi connectivity index (χ2v) is 7.39. The molecule has 0 fully saturated rings. The average Bonchev–Trinajstić information content (AvgIpc) is 2.53. The van der Waals surface area contributed by atoms with E-state index in [1.165, 1.54) is 17.0 Å². The van der Waals surface area contributed by atoms with Crippen molar-refractivity contribution in [2.24, 2.45) is 0 Å². The van der Waals surface area contributed by atoms with Gasteiger partial charge in [-0.1, -0.05) is 21.6 Å². The number of pyridine rings is 1. The van der Waals surface area contributed by atoms with Gasteiger partial charge in [-0.05, 0) is 18.9 Å². The molecule has 2 rings (SSSR count). The lowest BCUT2D eigenvalue weighted by atomic mass is 10.1. The summed E-state index contributed by atoms with van der Waals surface area (Å²) in [7, 11) is 3.06. The molecule has 1 aliphatic rings. The predicted octanol–water partition coefficient (Wildman–Crippen LogP) is 1.99. The topological polar surface area (TPSA) is 88.5 Å². The minimum atomic E-state index is -0.787. The third kappa shape index (κ3) is 5.42. The van der Waals surface area contributed by atoms with Crippen molar-refractivity contribution >= 4 is 33.5 Å². The molecule has 0 saturated heterocycles. The molecular weight excluding hydrogens is 324 g/mol. The lowest BCUT2D eigenvalue weighted by Gasteiger charge is -2.16. The molecule has 1 amide bonds. The van der Waals surface area contributed by atoms with E-state index in [0.29, 0.717) is 30.3 Å². The summed E-state index contributed by atoms with van der Waals surface area (Å²) in [6.07, 6.45) is 3.53. The van der Waals surface area contributed by atoms with Gasteiger partial charge in [-0.3, -0.25) is 9.59 Å². The quantitative estimate of drug-likeness (QED) is 0.552. The smallest absolute Gasteiger partial charge is 0.304 e. The summed E-state index contributed by atoms with van der Waals surface area (Å²) in [5.41, 5.74) is 1.53. The second-order valence-electron chi connectivity index (χ2n) is 4.68. The van der Waals surface area contributed by atoms with Crippen LogP contribution in [0.4, 0.5) is 0 Å². The highest BCUT2D eigenvalue weighted by atomic mass is 33.1. The SMILES string of the molecule is O=C(O)CCSSCCNC(=O)c1cnc2c(c1)CCCO2. The van der Waals surface area contributed by atoms with Gasteiger partial charge in [-0.25, -0.2) is 4.98 Å². The first-order valence-electron chi connectivity index (χ1n) is 7.03. The Bertz CT molecular complexity index is 540. The van der Waals surface area contributed by atoms with E-state index in [-0.39, 0.29) is 12.3 Å². The Morgan fingerprint density at radius 3 is 3.00 bits per heavy atom. The van der Waals surface area contributed by atoms with Crippen molar-refractivity contribution in [1.29, 1.82) is 0 Å². The highest BCUT2D eigenvalue weighted by Gasteiger charge is 2.14. The summed E-state index contributed by atoms with van der Waals surface area (Å²) in [5, 5.41) is 11.3. The van der Waals surface area contributed by atoms with Gasteiger partial charge in [0.2, 0.25) is 5.88 Å². The summed E-state index contributed by atoms with van der Waals surface area (Å²) in [6.45, 7) is 1.22. The highest BCUT2D eigenvalue weighted by Crippen LogP contribution is 2.23. The van der Waals surface area contributed by atoms with Crippen LogP contribution in [-0.2, 0) is 11.2 Å². The van der Waals surface area contributed by atoms with Crippen molar-refractivity contribution in [3.8, 4) is 5.88 Å². The molecule has 2 heterocycles. The van der Waals surface area contributed by atoms with Gasteiger partial charge in [0.1, 0.15) is 0 Å². The van der Waals surface area contributed by atoms with Gasteiger partial charge >= 0.3 is 5.97 Å². The third-order valence-electron chi connectivity index (χ3n) is 2.97. The highest BCUT2D eigenvalue weighted by molar-refractivity contribution is 8.76. The zero-order chi connectivity index (χ0) is 15.8. The summed E-state index contributed by atoms with van der Waals surface area (Å²) < 4.78 is 5.42. The average molecular weight is 342 g/mol. The number of ether oxygens (including phenoxy) is 1. The fourth-order valence-electron chi connectivity index (χ4n) is 1.92. The molecule has 0 atom stereocenters. The summed E-state index contributed by atoms with van der Waals surface area (Å²) in [4.78, 5) is 26.5. The number of rotatable bonds is 8. The Hall–Kier alpha value is -1.41. The molecule has 1 aromatic heterocycles. The van der Waals surface area contributed by atoms with Gasteiger partial charge in [0.05, 0.1) is 18.6 Å². The number of nitrogens with one attached hydrogen (secondary N) is 1. The summed E-state index contributed by atoms with van der Waals surface area (Å²) >= 11 is 0. The Morgan fingerprint density at radius 2 is 2.18 bits per heavy atom. The largest absolute Gasteiger partial charge is 0.481 e. The third-order valence-corrected chi connectivity index (χ3v) is 5.38. The Kier molecular flexibility index (Phi) is 6.85. The number of hydrogen-bond acceptors (Lipinski definition) is 6. The van der Waals surface area contributed by atoms with Crippen LogP contribution < -0.4 is 10.1 Å². The molecule has 0 radical (unpaired) electrons. The maximum absolute atomic E-state index is 12.0. The number of aromatic nitrogens is 1. The van der Waals surface area contributed by atoms with Gasteiger partial charge in [-0.2, -0.15) is 0 Å². The van der Waals surface area contributed by atoms with Crippen LogP contribution in [-0.4, -0.2) is 46.6 Å². The molecule has 120 valence electrons. The van der Waals surface area contributed by atoms with Crippen molar-refractivity contribution in [2.75, 3.05) is 24.7 Å². The number of carboxylic acid groups (broad SMARTS) is 1. The van der Waals surface area contributed by atoms with Gasteiger partial charge < -0.3 is 15.2 Å². The fraction of sp³-hybridized carbons (Fsp3) is 0.500. The van der Waals surface area contributed by atoms with Crippen molar-refractivity contribution in [3.05, 3.63) is 23.4 Å². The first kappa shape index (κ1) is 17.0. The zero-order valence-electron chi connectivity index (χ0n) is 12.0. The lowest BCUT2D eigenvalue weighted by molar-refractivity contribution is -0.136. The van der Waals surface area contributed by atoms with Crippen LogP contribution in [0.15, 0.2) is 12.3 Å². The van der Waals surface area contributed by atoms with E-state index < -0.39 is 5.97 Å². The van der Waals surface area contributed by atoms with Gasteiger partial charge in [-0.15, -0.1) is 0 Å². The molecule has 0 aliphatic carbocycles. The molecule has 0 aromatic carbocycles. The van der Waals surface area contributed by atoms with Crippen LogP contribution >= 0.6 is 21.6 Å². The Balaban J connectivity index is 1.68. The molecule has 6 nitrogen and oxygen atoms in total. The van der Waals surface area contributed by atoms with Crippen LogP contribution in [0.2, 0.25) is 0 Å². The molecule has 1 aromatic rings. The molecule has 0 bridgehead atoms. The Morgan fingerprint density at radius 1 is 1.36 bits per heavy atom. The van der Waals surface area contributed by atoms with Crippen LogP contribution in [0, 0.1) is 0 Å². The molecular formula is C14H18N2O4S2. The minimum Gasteiger partial charge on any atom is -0.481 e. The number of carboxylic acids is 1. The van der Waals surface area contributed by atoms with Gasteiger partial charge in [0.25, 0.3) is 5.91 Å². The van der Waals surface area contributed by atoms with E-state index in [4.69, 9.17) is 9.84 Å². The zero-order valence-corrected chi connectivity index (χ0v) is 13.7. The fourth-order valence-corrected chi connectivity index (χ4v) is 3.80. The normalized spacial score (nSPS) is 13.1. The molecule has 2 N–H and O–H groups in total. The van der Waals surface area contributed by atoms with Crippen LogP contribution in [0.5, 0.6) is 5.88 Å². The Labute approximate surface area is 136 Å². The molecule has 0 spiro atoms. The predicted molar refractivity (Wildman–Crippen MR) is 87.6 cm³/mol. The van der Waals surface area contributed by atoms with Crippen LogP contribution in [0.1, 0.15) is 28.8 Å². The van der Waals surface area contributed by atoms with Crippen molar-refractivity contribution in [2.45, 2.75) is 19.3 Å². The van der Waals surface area contributed by atoms with Gasteiger partial charge in [0.15, 0.2) is 0 Å². The minimum absolute atomic E-state index is 0.142. The van der Waals surface area contributed by atoms with E-state index in [9.17, 15) is 9.59 Å². The van der Waals surface area contributed by atoms with Crippen molar-refractivity contribution in [3.63, 3.8) is 0 Å². The van der Waals surface area contributed by atoms with E-state index in [0.717, 1.165) is 24.2 Å². The number of nitrogens with zero attached hydrogens (tertiary/aromatic N) is 1.